The molecule has 0 spiro atoms. The molecule has 5 rings (SSSR count). The number of halogens is 1. The van der Waals surface area contributed by atoms with Crippen LogP contribution in [-0.4, -0.2) is 62.1 Å². The number of nitrogens with zero attached hydrogens (tertiary/aromatic N) is 3. The molecule has 1 saturated heterocycles. The van der Waals surface area contributed by atoms with E-state index in [4.69, 9.17) is 21.3 Å². The van der Waals surface area contributed by atoms with E-state index in [-0.39, 0.29) is 18.0 Å². The highest BCUT2D eigenvalue weighted by Gasteiger charge is 2.37. The van der Waals surface area contributed by atoms with E-state index in [0.29, 0.717) is 29.6 Å². The summed E-state index contributed by atoms with van der Waals surface area (Å²) in [5.74, 6) is 0.405. The lowest BCUT2D eigenvalue weighted by molar-refractivity contribution is -0.126. The van der Waals surface area contributed by atoms with Crippen LogP contribution < -0.4 is 10.6 Å². The van der Waals surface area contributed by atoms with E-state index in [1.54, 1.807) is 11.1 Å². The number of H-pyrrole nitrogens is 1. The molecule has 1 aromatic carbocycles. The van der Waals surface area contributed by atoms with Gasteiger partial charge in [0.15, 0.2) is 0 Å². The van der Waals surface area contributed by atoms with Crippen molar-refractivity contribution in [3.63, 3.8) is 0 Å². The van der Waals surface area contributed by atoms with E-state index in [9.17, 15) is 9.59 Å². The molecule has 1 saturated carbocycles. The van der Waals surface area contributed by atoms with Crippen LogP contribution >= 0.6 is 11.6 Å². The summed E-state index contributed by atoms with van der Waals surface area (Å²) in [6.07, 6.45) is 8.11. The summed E-state index contributed by atoms with van der Waals surface area (Å²) in [6.45, 7) is 6.03. The predicted molar refractivity (Wildman–Crippen MR) is 148 cm³/mol. The van der Waals surface area contributed by atoms with E-state index in [1.807, 2.05) is 51.2 Å². The van der Waals surface area contributed by atoms with Gasteiger partial charge >= 0.3 is 6.09 Å². The molecule has 2 fully saturated rings. The minimum atomic E-state index is -0.596. The maximum atomic E-state index is 13.2. The molecule has 2 amide bonds. The Bertz CT molecular complexity index is 1320. The molecule has 3 atom stereocenters. The van der Waals surface area contributed by atoms with Gasteiger partial charge in [0.1, 0.15) is 11.6 Å². The van der Waals surface area contributed by atoms with Gasteiger partial charge in [-0.15, -0.1) is 0 Å². The normalized spacial score (nSPS) is 21.9. The number of carbonyl (C=O) groups excluding carboxylic acids is 2. The second-order valence-electron chi connectivity index (χ2n) is 11.2. The van der Waals surface area contributed by atoms with E-state index >= 15 is 0 Å². The highest BCUT2D eigenvalue weighted by molar-refractivity contribution is 6.33. The molecule has 38 heavy (non-hydrogen) atoms. The fourth-order valence-electron chi connectivity index (χ4n) is 5.40. The van der Waals surface area contributed by atoms with Gasteiger partial charge < -0.3 is 20.4 Å². The van der Waals surface area contributed by atoms with Crippen LogP contribution in [0, 0.1) is 0 Å². The SMILES string of the molecule is CC(C)(C)OC(=O)N1CCCC1C(=O)N[C@H]1CCC[C@@H](Nc2ncc(Cl)c(-c3c[nH]c4ccccc34)n2)C1. The molecule has 2 aliphatic rings. The Morgan fingerprint density at radius 1 is 1.13 bits per heavy atom. The maximum Gasteiger partial charge on any atom is 0.410 e. The molecule has 3 aromatic rings. The molecule has 10 heteroatoms. The van der Waals surface area contributed by atoms with Gasteiger partial charge in [-0.2, -0.15) is 0 Å². The number of amides is 2. The van der Waals surface area contributed by atoms with Crippen molar-refractivity contribution in [2.45, 2.75) is 83.0 Å². The van der Waals surface area contributed by atoms with Gasteiger partial charge in [0.2, 0.25) is 11.9 Å². The van der Waals surface area contributed by atoms with Gasteiger partial charge in [-0.05, 0) is 65.4 Å². The molecule has 0 radical (unpaired) electrons. The first-order valence-electron chi connectivity index (χ1n) is 13.3. The smallest absolute Gasteiger partial charge is 0.410 e. The summed E-state index contributed by atoms with van der Waals surface area (Å²) in [7, 11) is 0. The lowest BCUT2D eigenvalue weighted by Gasteiger charge is -2.32. The molecular weight excluding hydrogens is 504 g/mol. The van der Waals surface area contributed by atoms with Crippen molar-refractivity contribution < 1.29 is 14.3 Å². The number of fused-ring (bicyclic) bond motifs is 1. The average Bonchev–Trinajstić information content (AvgIpc) is 3.52. The van der Waals surface area contributed by atoms with Gasteiger partial charge in [-0.25, -0.2) is 14.8 Å². The number of nitrogens with one attached hydrogen (secondary N) is 3. The van der Waals surface area contributed by atoms with Gasteiger partial charge in [0.05, 0.1) is 16.9 Å². The third-order valence-electron chi connectivity index (χ3n) is 7.13. The summed E-state index contributed by atoms with van der Waals surface area (Å²) < 4.78 is 5.52. The van der Waals surface area contributed by atoms with Gasteiger partial charge in [-0.1, -0.05) is 29.8 Å². The number of hydrogen-bond acceptors (Lipinski definition) is 6. The van der Waals surface area contributed by atoms with Crippen molar-refractivity contribution in [1.29, 1.82) is 0 Å². The van der Waals surface area contributed by atoms with Gasteiger partial charge in [0.25, 0.3) is 0 Å². The second-order valence-corrected chi connectivity index (χ2v) is 11.6. The van der Waals surface area contributed by atoms with Crippen LogP contribution in [0.15, 0.2) is 36.7 Å². The summed E-state index contributed by atoms with van der Waals surface area (Å²) in [4.78, 5) is 39.8. The standard InChI is InChI=1S/C28H35ClN6O3/c1-28(2,3)38-27(37)35-13-7-12-23(35)25(36)32-17-8-6-9-18(14-17)33-26-31-16-21(29)24(34-26)20-15-30-22-11-5-4-10-19(20)22/h4-5,10-11,15-18,23,30H,6-9,12-14H2,1-3H3,(H,32,36)(H,31,33,34)/t17-,18+,23?/m0/s1. The van der Waals surface area contributed by atoms with Crippen molar-refractivity contribution in [1.82, 2.24) is 25.2 Å². The van der Waals surface area contributed by atoms with Crippen LogP contribution in [0.3, 0.4) is 0 Å². The third kappa shape index (κ3) is 5.88. The topological polar surface area (TPSA) is 112 Å². The van der Waals surface area contributed by atoms with Crippen LogP contribution in [0.5, 0.6) is 0 Å². The Kier molecular flexibility index (Phi) is 7.47. The number of para-hydroxylation sites is 1. The summed E-state index contributed by atoms with van der Waals surface area (Å²) in [6, 6.07) is 7.65. The zero-order valence-corrected chi connectivity index (χ0v) is 22.8. The molecule has 2 aromatic heterocycles. The zero-order chi connectivity index (χ0) is 26.9. The molecule has 202 valence electrons. The first kappa shape index (κ1) is 26.3. The first-order chi connectivity index (χ1) is 18.2. The number of hydrogen-bond donors (Lipinski definition) is 3. The predicted octanol–water partition coefficient (Wildman–Crippen LogP) is 5.52. The van der Waals surface area contributed by atoms with Crippen LogP contribution in [-0.2, 0) is 9.53 Å². The van der Waals surface area contributed by atoms with E-state index in [2.05, 4.69) is 20.6 Å². The number of benzene rings is 1. The van der Waals surface area contributed by atoms with Crippen LogP contribution in [0.4, 0.5) is 10.7 Å². The van der Waals surface area contributed by atoms with Crippen LogP contribution in [0.25, 0.3) is 22.2 Å². The number of anilines is 1. The number of ether oxygens (including phenoxy) is 1. The second kappa shape index (κ2) is 10.8. The van der Waals surface area contributed by atoms with Gasteiger partial charge in [-0.3, -0.25) is 9.69 Å². The number of aromatic amines is 1. The first-order valence-corrected chi connectivity index (χ1v) is 13.7. The van der Waals surface area contributed by atoms with Crippen molar-refractivity contribution in [2.24, 2.45) is 0 Å². The Labute approximate surface area is 227 Å². The molecule has 3 N–H and O–H groups in total. The maximum absolute atomic E-state index is 13.2. The van der Waals surface area contributed by atoms with E-state index < -0.39 is 17.7 Å². The summed E-state index contributed by atoms with van der Waals surface area (Å²) in [5, 5.41) is 8.18. The van der Waals surface area contributed by atoms with Gasteiger partial charge in [0, 0.05) is 41.3 Å². The molecule has 9 nitrogen and oxygen atoms in total. The quantitative estimate of drug-likeness (QED) is 0.394. The van der Waals surface area contributed by atoms with Crippen molar-refractivity contribution in [2.75, 3.05) is 11.9 Å². The minimum absolute atomic E-state index is 0.00947. The van der Waals surface area contributed by atoms with Crippen LogP contribution in [0.1, 0.15) is 59.3 Å². The Morgan fingerprint density at radius 3 is 2.74 bits per heavy atom. The van der Waals surface area contributed by atoms with Crippen molar-refractivity contribution in [3.8, 4) is 11.3 Å². The molecule has 1 unspecified atom stereocenters. The molecule has 1 aliphatic carbocycles. The monoisotopic (exact) mass is 538 g/mol. The van der Waals surface area contributed by atoms with E-state index in [0.717, 1.165) is 48.6 Å². The van der Waals surface area contributed by atoms with Crippen molar-refractivity contribution in [3.05, 3.63) is 41.7 Å². The molecule has 0 bridgehead atoms. The number of carbonyl (C=O) groups is 2. The Balaban J connectivity index is 1.22. The van der Waals surface area contributed by atoms with Crippen LogP contribution in [0.2, 0.25) is 5.02 Å². The number of aromatic nitrogens is 3. The Morgan fingerprint density at radius 2 is 1.92 bits per heavy atom. The Hall–Kier alpha value is -3.33. The summed E-state index contributed by atoms with van der Waals surface area (Å²) in [5.41, 5.74) is 2.02. The fourth-order valence-corrected chi connectivity index (χ4v) is 5.60. The molecule has 3 heterocycles. The molecule has 1 aliphatic heterocycles. The highest BCUT2D eigenvalue weighted by Crippen LogP contribution is 2.33. The molecular formula is C28H35ClN6O3. The third-order valence-corrected chi connectivity index (χ3v) is 7.40. The average molecular weight is 539 g/mol. The lowest BCUT2D eigenvalue weighted by atomic mass is 9.90. The van der Waals surface area contributed by atoms with E-state index in [1.165, 1.54) is 0 Å². The number of likely N-dealkylation sites (tertiary alicyclic amines) is 1. The minimum Gasteiger partial charge on any atom is -0.444 e. The zero-order valence-electron chi connectivity index (χ0n) is 22.1. The fraction of sp³-hybridized carbons (Fsp3) is 0.500. The highest BCUT2D eigenvalue weighted by atomic mass is 35.5. The summed E-state index contributed by atoms with van der Waals surface area (Å²) >= 11 is 6.49. The van der Waals surface area contributed by atoms with Crippen molar-refractivity contribution >= 4 is 40.5 Å². The number of rotatable bonds is 5. The lowest BCUT2D eigenvalue weighted by Crippen LogP contribution is -2.51. The largest absolute Gasteiger partial charge is 0.444 e.